The molecule has 1 N–H and O–H groups in total. The first kappa shape index (κ1) is 15.5. The van der Waals surface area contributed by atoms with Crippen LogP contribution in [0.5, 0.6) is 0 Å². The molecule has 1 aromatic heterocycles. The van der Waals surface area contributed by atoms with E-state index in [-0.39, 0.29) is 16.5 Å². The lowest BCUT2D eigenvalue weighted by atomic mass is 9.76. The van der Waals surface area contributed by atoms with Gasteiger partial charge in [-0.2, -0.15) is 0 Å². The molecule has 0 bridgehead atoms. The van der Waals surface area contributed by atoms with Crippen molar-refractivity contribution in [2.45, 2.75) is 32.7 Å². The molecule has 0 spiro atoms. The Hall–Kier alpha value is -1.89. The summed E-state index contributed by atoms with van der Waals surface area (Å²) >= 11 is 5.75. The second-order valence-corrected chi connectivity index (χ2v) is 6.22. The van der Waals surface area contributed by atoms with E-state index in [0.29, 0.717) is 6.54 Å². The van der Waals surface area contributed by atoms with Gasteiger partial charge in [-0.15, -0.1) is 0 Å². The smallest absolute Gasteiger partial charge is 0.326 e. The lowest BCUT2D eigenvalue weighted by Crippen LogP contribution is -2.54. The number of hydrogen-bond acceptors (Lipinski definition) is 5. The van der Waals surface area contributed by atoms with E-state index in [1.807, 2.05) is 13.8 Å². The number of carbonyl (C=O) groups is 1. The van der Waals surface area contributed by atoms with E-state index in [2.05, 4.69) is 4.98 Å². The van der Waals surface area contributed by atoms with Crippen molar-refractivity contribution in [2.24, 2.45) is 5.41 Å². The predicted octanol–water partition coefficient (Wildman–Crippen LogP) is 2.72. The quantitative estimate of drug-likeness (QED) is 0.680. The maximum absolute atomic E-state index is 11.6. The van der Waals surface area contributed by atoms with Gasteiger partial charge in [0, 0.05) is 18.8 Å². The first-order valence-electron chi connectivity index (χ1n) is 6.53. The fourth-order valence-corrected chi connectivity index (χ4v) is 3.02. The molecule has 1 unspecified atom stereocenters. The number of aliphatic carboxylic acids is 1. The molecule has 7 nitrogen and oxygen atoms in total. The van der Waals surface area contributed by atoms with Gasteiger partial charge < -0.3 is 10.0 Å². The molecular weight excluding hydrogens is 298 g/mol. The van der Waals surface area contributed by atoms with Gasteiger partial charge in [-0.3, -0.25) is 10.1 Å². The monoisotopic (exact) mass is 313 g/mol. The molecule has 1 fully saturated rings. The molecule has 0 aromatic carbocycles. The van der Waals surface area contributed by atoms with Gasteiger partial charge in [-0.1, -0.05) is 25.4 Å². The largest absolute Gasteiger partial charge is 0.480 e. The van der Waals surface area contributed by atoms with Crippen LogP contribution >= 0.6 is 11.6 Å². The Bertz CT molecular complexity index is 591. The number of carboxylic acids is 1. The van der Waals surface area contributed by atoms with E-state index < -0.39 is 22.3 Å². The fourth-order valence-electron chi connectivity index (χ4n) is 2.87. The molecule has 1 aliphatic rings. The molecule has 1 atom stereocenters. The Balaban J connectivity index is 2.53. The average Bonchev–Trinajstić information content (AvgIpc) is 2.36. The number of halogens is 1. The molecule has 0 aliphatic carbocycles. The lowest BCUT2D eigenvalue weighted by Gasteiger charge is -2.44. The molecule has 0 radical (unpaired) electrons. The average molecular weight is 314 g/mol. The number of nitrogens with zero attached hydrogens (tertiary/aromatic N) is 3. The first-order chi connectivity index (χ1) is 9.74. The van der Waals surface area contributed by atoms with Crippen molar-refractivity contribution in [3.8, 4) is 0 Å². The third kappa shape index (κ3) is 2.92. The molecule has 2 rings (SSSR count). The number of aromatic nitrogens is 1. The Labute approximate surface area is 126 Å². The lowest BCUT2D eigenvalue weighted by molar-refractivity contribution is -0.384. The maximum atomic E-state index is 11.6. The number of pyridine rings is 1. The molecule has 1 aromatic rings. The zero-order chi connectivity index (χ0) is 15.8. The van der Waals surface area contributed by atoms with E-state index in [4.69, 9.17) is 11.6 Å². The molecule has 2 heterocycles. The molecule has 21 heavy (non-hydrogen) atoms. The number of nitro groups is 1. The number of carboxylic acid groups (broad SMARTS) is 1. The van der Waals surface area contributed by atoms with Crippen molar-refractivity contribution in [3.05, 3.63) is 27.4 Å². The molecular formula is C13H16ClN3O4. The first-order valence-corrected chi connectivity index (χ1v) is 6.91. The molecule has 1 aliphatic heterocycles. The van der Waals surface area contributed by atoms with E-state index in [1.54, 1.807) is 0 Å². The van der Waals surface area contributed by atoms with Crippen molar-refractivity contribution >= 4 is 29.1 Å². The van der Waals surface area contributed by atoms with Gasteiger partial charge in [-0.25, -0.2) is 9.78 Å². The molecule has 8 heteroatoms. The highest BCUT2D eigenvalue weighted by molar-refractivity contribution is 6.30. The van der Waals surface area contributed by atoms with Gasteiger partial charge in [0.1, 0.15) is 6.04 Å². The van der Waals surface area contributed by atoms with Crippen LogP contribution in [0.25, 0.3) is 0 Å². The standard InChI is InChI=1S/C13H16ClN3O4/c1-13(2)4-3-5-16(10(13)12(18)19)11-9(17(20)21)6-8(14)7-15-11/h6-7,10H,3-5H2,1-2H3,(H,18,19). The third-order valence-electron chi connectivity index (χ3n) is 3.79. The molecule has 0 amide bonds. The molecule has 0 saturated carbocycles. The molecule has 114 valence electrons. The number of anilines is 1. The minimum atomic E-state index is -1.01. The van der Waals surface area contributed by atoms with Crippen LogP contribution < -0.4 is 4.90 Å². The van der Waals surface area contributed by atoms with Gasteiger partial charge >= 0.3 is 11.7 Å². The van der Waals surface area contributed by atoms with Crippen molar-refractivity contribution in [1.29, 1.82) is 0 Å². The predicted molar refractivity (Wildman–Crippen MR) is 77.7 cm³/mol. The topological polar surface area (TPSA) is 96.6 Å². The van der Waals surface area contributed by atoms with Crippen LogP contribution in [0, 0.1) is 15.5 Å². The summed E-state index contributed by atoms with van der Waals surface area (Å²) in [5, 5.41) is 20.9. The van der Waals surface area contributed by atoms with Crippen LogP contribution in [0.2, 0.25) is 5.02 Å². The van der Waals surface area contributed by atoms with Crippen molar-refractivity contribution < 1.29 is 14.8 Å². The second kappa shape index (κ2) is 5.48. The maximum Gasteiger partial charge on any atom is 0.326 e. The number of rotatable bonds is 3. The minimum Gasteiger partial charge on any atom is -0.480 e. The minimum absolute atomic E-state index is 0.0598. The van der Waals surface area contributed by atoms with Crippen LogP contribution in [0.4, 0.5) is 11.5 Å². The van der Waals surface area contributed by atoms with Crippen LogP contribution in [-0.4, -0.2) is 33.6 Å². The van der Waals surface area contributed by atoms with E-state index in [9.17, 15) is 20.0 Å². The number of piperidine rings is 1. The summed E-state index contributed by atoms with van der Waals surface area (Å²) in [5.41, 5.74) is -0.773. The summed E-state index contributed by atoms with van der Waals surface area (Å²) in [6.45, 7) is 4.11. The van der Waals surface area contributed by atoms with E-state index in [0.717, 1.165) is 12.8 Å². The van der Waals surface area contributed by atoms with Crippen molar-refractivity contribution in [1.82, 2.24) is 4.98 Å². The Morgan fingerprint density at radius 1 is 1.62 bits per heavy atom. The summed E-state index contributed by atoms with van der Waals surface area (Å²) in [6.07, 6.45) is 2.78. The van der Waals surface area contributed by atoms with Gasteiger partial charge in [0.25, 0.3) is 0 Å². The van der Waals surface area contributed by atoms with Gasteiger partial charge in [0.15, 0.2) is 0 Å². The number of hydrogen-bond donors (Lipinski definition) is 1. The van der Waals surface area contributed by atoms with E-state index in [1.165, 1.54) is 17.2 Å². The highest BCUT2D eigenvalue weighted by Gasteiger charge is 2.44. The highest BCUT2D eigenvalue weighted by Crippen LogP contribution is 2.40. The van der Waals surface area contributed by atoms with Gasteiger partial charge in [-0.05, 0) is 18.3 Å². The molecule has 1 saturated heterocycles. The van der Waals surface area contributed by atoms with Crippen molar-refractivity contribution in [3.63, 3.8) is 0 Å². The fraction of sp³-hybridized carbons (Fsp3) is 0.538. The van der Waals surface area contributed by atoms with Crippen LogP contribution in [0.15, 0.2) is 12.3 Å². The van der Waals surface area contributed by atoms with Gasteiger partial charge in [0.05, 0.1) is 9.95 Å². The van der Waals surface area contributed by atoms with Crippen LogP contribution in [0.3, 0.4) is 0 Å². The summed E-state index contributed by atoms with van der Waals surface area (Å²) in [5.74, 6) is -0.949. The SMILES string of the molecule is CC1(C)CCCN(c2ncc(Cl)cc2[N+](=O)[O-])C1C(=O)O. The second-order valence-electron chi connectivity index (χ2n) is 5.78. The highest BCUT2D eigenvalue weighted by atomic mass is 35.5. The Kier molecular flexibility index (Phi) is 4.04. The zero-order valence-corrected chi connectivity index (χ0v) is 12.5. The van der Waals surface area contributed by atoms with Crippen LogP contribution in [0.1, 0.15) is 26.7 Å². The Morgan fingerprint density at radius 2 is 2.29 bits per heavy atom. The summed E-state index contributed by atoms with van der Waals surface area (Å²) in [6, 6.07) is 0.336. The normalized spacial score (nSPS) is 21.1. The zero-order valence-electron chi connectivity index (χ0n) is 11.7. The van der Waals surface area contributed by atoms with Gasteiger partial charge in [0.2, 0.25) is 5.82 Å². The van der Waals surface area contributed by atoms with E-state index >= 15 is 0 Å². The Morgan fingerprint density at radius 3 is 2.86 bits per heavy atom. The summed E-state index contributed by atoms with van der Waals surface area (Å²) < 4.78 is 0. The third-order valence-corrected chi connectivity index (χ3v) is 4.00. The van der Waals surface area contributed by atoms with Crippen molar-refractivity contribution in [2.75, 3.05) is 11.4 Å². The van der Waals surface area contributed by atoms with Crippen LogP contribution in [-0.2, 0) is 4.79 Å². The summed E-state index contributed by atoms with van der Waals surface area (Å²) in [4.78, 5) is 27.7. The summed E-state index contributed by atoms with van der Waals surface area (Å²) in [7, 11) is 0.